The third-order valence-electron chi connectivity index (χ3n) is 4.29. The van der Waals surface area contributed by atoms with E-state index in [1.807, 2.05) is 29.9 Å². The number of hydrogen-bond donors (Lipinski definition) is 1. The molecule has 0 unspecified atom stereocenters. The number of aromatic nitrogens is 2. The maximum Gasteiger partial charge on any atom is 0.252 e. The summed E-state index contributed by atoms with van der Waals surface area (Å²) in [6.07, 6.45) is 5.03. The van der Waals surface area contributed by atoms with Gasteiger partial charge in [0.25, 0.3) is 5.91 Å². The van der Waals surface area contributed by atoms with E-state index in [1.165, 1.54) is 12.1 Å². The van der Waals surface area contributed by atoms with E-state index in [0.717, 1.165) is 25.0 Å². The van der Waals surface area contributed by atoms with Crippen LogP contribution < -0.4 is 5.32 Å². The second-order valence-corrected chi connectivity index (χ2v) is 6.18. The van der Waals surface area contributed by atoms with E-state index in [2.05, 4.69) is 17.2 Å². The molecule has 4 nitrogen and oxygen atoms in total. The molecule has 0 atom stereocenters. The van der Waals surface area contributed by atoms with E-state index in [1.54, 1.807) is 12.1 Å². The molecule has 1 aromatic carbocycles. The van der Waals surface area contributed by atoms with E-state index in [4.69, 9.17) is 0 Å². The number of hydrogen-bond acceptors (Lipinski definition) is 2. The maximum atomic E-state index is 13.7. The predicted molar refractivity (Wildman–Crippen MR) is 98.0 cm³/mol. The number of rotatable bonds is 6. The Morgan fingerprint density at radius 1 is 1.24 bits per heavy atom. The van der Waals surface area contributed by atoms with Crippen molar-refractivity contribution < 1.29 is 9.18 Å². The smallest absolute Gasteiger partial charge is 0.252 e. The number of nitrogens with one attached hydrogen (secondary N) is 1. The molecule has 25 heavy (non-hydrogen) atoms. The van der Waals surface area contributed by atoms with Crippen LogP contribution in [0, 0.1) is 5.82 Å². The molecule has 5 heteroatoms. The molecule has 1 amide bonds. The fraction of sp³-hybridized carbons (Fsp3) is 0.300. The topological polar surface area (TPSA) is 46.9 Å². The molecule has 0 fully saturated rings. The first-order valence-corrected chi connectivity index (χ1v) is 8.60. The molecule has 0 aliphatic rings. The van der Waals surface area contributed by atoms with E-state index in [0.29, 0.717) is 28.7 Å². The van der Waals surface area contributed by atoms with Gasteiger partial charge in [0, 0.05) is 25.2 Å². The van der Waals surface area contributed by atoms with Gasteiger partial charge in [0.15, 0.2) is 0 Å². The first kappa shape index (κ1) is 17.1. The summed E-state index contributed by atoms with van der Waals surface area (Å²) in [7, 11) is 1.93. The number of nitrogens with zero attached hydrogens (tertiary/aromatic N) is 2. The lowest BCUT2D eigenvalue weighted by Gasteiger charge is -2.11. The second kappa shape index (κ2) is 7.47. The van der Waals surface area contributed by atoms with Crippen molar-refractivity contribution in [1.82, 2.24) is 14.9 Å². The van der Waals surface area contributed by atoms with Crippen LogP contribution in [0.4, 0.5) is 4.39 Å². The largest absolute Gasteiger partial charge is 0.352 e. The van der Waals surface area contributed by atoms with Crippen LogP contribution in [0.1, 0.15) is 36.5 Å². The minimum absolute atomic E-state index is 0.190. The lowest BCUT2D eigenvalue weighted by atomic mass is 10.1. The van der Waals surface area contributed by atoms with Gasteiger partial charge in [-0.05, 0) is 42.8 Å². The van der Waals surface area contributed by atoms with Crippen LogP contribution in [0.5, 0.6) is 0 Å². The molecular weight excluding hydrogens is 317 g/mol. The summed E-state index contributed by atoms with van der Waals surface area (Å²) in [6, 6.07) is 9.97. The van der Waals surface area contributed by atoms with Crippen molar-refractivity contribution in [2.75, 3.05) is 6.54 Å². The Hall–Kier alpha value is -2.69. The molecule has 0 radical (unpaired) electrons. The SMILES string of the molecule is CCCCCNC(=O)c1cc(-c2cccn2C)nc2ccc(F)cc12. The van der Waals surface area contributed by atoms with E-state index in [-0.39, 0.29) is 11.7 Å². The number of carbonyl (C=O) groups excluding carboxylic acids is 1. The van der Waals surface area contributed by atoms with Gasteiger partial charge in [-0.15, -0.1) is 0 Å². The number of pyridine rings is 1. The van der Waals surface area contributed by atoms with Crippen molar-refractivity contribution in [3.05, 3.63) is 54.0 Å². The van der Waals surface area contributed by atoms with Gasteiger partial charge >= 0.3 is 0 Å². The Morgan fingerprint density at radius 2 is 2.08 bits per heavy atom. The van der Waals surface area contributed by atoms with Gasteiger partial charge in [-0.1, -0.05) is 19.8 Å². The first-order chi connectivity index (χ1) is 12.1. The van der Waals surface area contributed by atoms with Crippen LogP contribution in [0.15, 0.2) is 42.6 Å². The summed E-state index contributed by atoms with van der Waals surface area (Å²) in [5.41, 5.74) is 2.67. The molecule has 2 heterocycles. The monoisotopic (exact) mass is 339 g/mol. The zero-order valence-corrected chi connectivity index (χ0v) is 14.6. The average molecular weight is 339 g/mol. The highest BCUT2D eigenvalue weighted by Crippen LogP contribution is 2.25. The van der Waals surface area contributed by atoms with Gasteiger partial charge in [-0.2, -0.15) is 0 Å². The molecule has 0 bridgehead atoms. The van der Waals surface area contributed by atoms with Crippen molar-refractivity contribution in [2.45, 2.75) is 26.2 Å². The molecule has 0 aliphatic heterocycles. The van der Waals surface area contributed by atoms with Crippen molar-refractivity contribution in [3.63, 3.8) is 0 Å². The summed E-state index contributed by atoms with van der Waals surface area (Å²) >= 11 is 0. The number of amides is 1. The zero-order valence-electron chi connectivity index (χ0n) is 14.6. The predicted octanol–water partition coefficient (Wildman–Crippen LogP) is 4.30. The second-order valence-electron chi connectivity index (χ2n) is 6.18. The molecule has 1 N–H and O–H groups in total. The lowest BCUT2D eigenvalue weighted by Crippen LogP contribution is -2.25. The van der Waals surface area contributed by atoms with Gasteiger partial charge in [0.2, 0.25) is 0 Å². The van der Waals surface area contributed by atoms with E-state index in [9.17, 15) is 9.18 Å². The van der Waals surface area contributed by atoms with Gasteiger partial charge in [0.05, 0.1) is 22.5 Å². The maximum absolute atomic E-state index is 13.7. The Balaban J connectivity index is 2.03. The Labute approximate surface area is 146 Å². The zero-order chi connectivity index (χ0) is 17.8. The van der Waals surface area contributed by atoms with Crippen molar-refractivity contribution in [1.29, 1.82) is 0 Å². The molecule has 0 spiro atoms. The van der Waals surface area contributed by atoms with E-state index < -0.39 is 0 Å². The Kier molecular flexibility index (Phi) is 5.12. The van der Waals surface area contributed by atoms with Gasteiger partial charge in [0.1, 0.15) is 5.82 Å². The van der Waals surface area contributed by atoms with Crippen LogP contribution in [0.25, 0.3) is 22.3 Å². The average Bonchev–Trinajstić information content (AvgIpc) is 3.03. The Bertz CT molecular complexity index is 901. The number of carbonyl (C=O) groups is 1. The van der Waals surface area contributed by atoms with Gasteiger partial charge in [-0.3, -0.25) is 4.79 Å². The number of aryl methyl sites for hydroxylation is 1. The third-order valence-corrected chi connectivity index (χ3v) is 4.29. The fourth-order valence-electron chi connectivity index (χ4n) is 2.92. The van der Waals surface area contributed by atoms with Crippen molar-refractivity contribution >= 4 is 16.8 Å². The quantitative estimate of drug-likeness (QED) is 0.681. The molecule has 130 valence electrons. The third kappa shape index (κ3) is 3.71. The molecule has 0 aliphatic carbocycles. The summed E-state index contributed by atoms with van der Waals surface area (Å²) < 4.78 is 15.7. The molecule has 3 rings (SSSR count). The first-order valence-electron chi connectivity index (χ1n) is 8.60. The van der Waals surface area contributed by atoms with Crippen molar-refractivity contribution in [2.24, 2.45) is 7.05 Å². The summed E-state index contributed by atoms with van der Waals surface area (Å²) in [5, 5.41) is 3.47. The molecule has 0 saturated carbocycles. The molecule has 3 aromatic rings. The molecular formula is C20H22FN3O. The highest BCUT2D eigenvalue weighted by Gasteiger charge is 2.15. The van der Waals surface area contributed by atoms with Gasteiger partial charge < -0.3 is 9.88 Å². The minimum atomic E-state index is -0.374. The number of halogens is 1. The highest BCUT2D eigenvalue weighted by molar-refractivity contribution is 6.07. The summed E-state index contributed by atoms with van der Waals surface area (Å²) in [4.78, 5) is 17.3. The van der Waals surface area contributed by atoms with Crippen LogP contribution in [-0.4, -0.2) is 22.0 Å². The summed E-state index contributed by atoms with van der Waals surface area (Å²) in [6.45, 7) is 2.73. The number of benzene rings is 1. The standard InChI is InChI=1S/C20H22FN3O/c1-3-4-5-10-22-20(25)16-13-18(19-7-6-11-24(19)2)23-17-9-8-14(21)12-15(16)17/h6-9,11-13H,3-5,10H2,1-2H3,(H,22,25). The fourth-order valence-corrected chi connectivity index (χ4v) is 2.92. The normalized spacial score (nSPS) is 11.0. The highest BCUT2D eigenvalue weighted by atomic mass is 19.1. The Morgan fingerprint density at radius 3 is 2.80 bits per heavy atom. The van der Waals surface area contributed by atoms with Crippen LogP contribution in [-0.2, 0) is 7.05 Å². The van der Waals surface area contributed by atoms with E-state index >= 15 is 0 Å². The molecule has 0 saturated heterocycles. The van der Waals surface area contributed by atoms with Crippen LogP contribution in [0.2, 0.25) is 0 Å². The van der Waals surface area contributed by atoms with Crippen LogP contribution >= 0.6 is 0 Å². The van der Waals surface area contributed by atoms with Gasteiger partial charge in [-0.25, -0.2) is 9.37 Å². The van der Waals surface area contributed by atoms with Crippen LogP contribution in [0.3, 0.4) is 0 Å². The molecule has 2 aromatic heterocycles. The number of fused-ring (bicyclic) bond motifs is 1. The lowest BCUT2D eigenvalue weighted by molar-refractivity contribution is 0.0954. The van der Waals surface area contributed by atoms with Crippen molar-refractivity contribution in [3.8, 4) is 11.4 Å². The minimum Gasteiger partial charge on any atom is -0.352 e. The summed E-state index contributed by atoms with van der Waals surface area (Å²) in [5.74, 6) is -0.564. The number of unbranched alkanes of at least 4 members (excludes halogenated alkanes) is 2.